The summed E-state index contributed by atoms with van der Waals surface area (Å²) in [5, 5.41) is 5.23. The predicted molar refractivity (Wildman–Crippen MR) is 99.0 cm³/mol. The van der Waals surface area contributed by atoms with Gasteiger partial charge in [-0.05, 0) is 42.3 Å². The molecule has 0 unspecified atom stereocenters. The topological polar surface area (TPSA) is 104 Å². The Morgan fingerprint density at radius 3 is 2.27 bits per heavy atom. The highest BCUT2D eigenvalue weighted by Crippen LogP contribution is 2.13. The average molecular weight is 375 g/mol. The van der Waals surface area contributed by atoms with Crippen LogP contribution in [0.5, 0.6) is 0 Å². The van der Waals surface area contributed by atoms with Gasteiger partial charge >= 0.3 is 0 Å². The Morgan fingerprint density at radius 2 is 1.65 bits per heavy atom. The third-order valence-corrected chi connectivity index (χ3v) is 5.06. The molecule has 0 radical (unpaired) electrons. The Labute approximate surface area is 152 Å². The molecule has 0 atom stereocenters. The van der Waals surface area contributed by atoms with Crippen LogP contribution in [-0.2, 0) is 26.2 Å². The summed E-state index contributed by atoms with van der Waals surface area (Å²) in [6, 6.07) is 13.3. The number of carbonyl (C=O) groups excluding carboxylic acids is 2. The number of hydrogen-bond acceptors (Lipinski definition) is 4. The summed E-state index contributed by atoms with van der Waals surface area (Å²) in [5.41, 5.74) is 2.51. The number of benzene rings is 2. The first-order valence-electron chi connectivity index (χ1n) is 7.96. The molecule has 0 aliphatic rings. The van der Waals surface area contributed by atoms with Crippen LogP contribution in [0.1, 0.15) is 18.1 Å². The summed E-state index contributed by atoms with van der Waals surface area (Å²) >= 11 is 0. The Kier molecular flexibility index (Phi) is 6.48. The summed E-state index contributed by atoms with van der Waals surface area (Å²) in [5.74, 6) is -0.671. The Balaban J connectivity index is 1.89. The summed E-state index contributed by atoms with van der Waals surface area (Å²) < 4.78 is 26.7. The highest BCUT2D eigenvalue weighted by molar-refractivity contribution is 7.89. The van der Waals surface area contributed by atoms with E-state index in [1.54, 1.807) is 0 Å². The maximum atomic E-state index is 12.2. The molecule has 0 spiro atoms. The summed E-state index contributed by atoms with van der Waals surface area (Å²) in [6.45, 7) is 3.27. The minimum absolute atomic E-state index is 0.0123. The van der Waals surface area contributed by atoms with Gasteiger partial charge in [0.25, 0.3) is 0 Å². The second-order valence-corrected chi connectivity index (χ2v) is 7.50. The molecule has 26 heavy (non-hydrogen) atoms. The normalized spacial score (nSPS) is 11.0. The van der Waals surface area contributed by atoms with Gasteiger partial charge in [-0.1, -0.05) is 24.3 Å². The highest BCUT2D eigenvalue weighted by Gasteiger charge is 2.15. The predicted octanol–water partition coefficient (Wildman–Crippen LogP) is 1.55. The molecule has 8 heteroatoms. The number of anilines is 1. The Morgan fingerprint density at radius 1 is 1.00 bits per heavy atom. The third kappa shape index (κ3) is 5.68. The van der Waals surface area contributed by atoms with Crippen LogP contribution < -0.4 is 15.4 Å². The van der Waals surface area contributed by atoms with Crippen molar-refractivity contribution in [1.82, 2.24) is 10.0 Å². The fourth-order valence-corrected chi connectivity index (χ4v) is 3.21. The lowest BCUT2D eigenvalue weighted by atomic mass is 10.1. The van der Waals surface area contributed by atoms with Crippen molar-refractivity contribution in [3.05, 3.63) is 59.7 Å². The Hall–Kier alpha value is -2.71. The first kappa shape index (κ1) is 19.6. The zero-order valence-electron chi connectivity index (χ0n) is 14.6. The minimum atomic E-state index is -3.82. The first-order valence-corrected chi connectivity index (χ1v) is 9.45. The van der Waals surface area contributed by atoms with Crippen molar-refractivity contribution < 1.29 is 18.0 Å². The Bertz CT molecular complexity index is 893. The molecule has 138 valence electrons. The number of nitrogens with one attached hydrogen (secondary N) is 3. The molecule has 0 heterocycles. The van der Waals surface area contributed by atoms with Crippen LogP contribution in [0.2, 0.25) is 0 Å². The molecule has 0 bridgehead atoms. The fraction of sp³-hybridized carbons (Fsp3) is 0.222. The molecule has 0 aromatic heterocycles. The van der Waals surface area contributed by atoms with Gasteiger partial charge < -0.3 is 10.6 Å². The van der Waals surface area contributed by atoms with Crippen molar-refractivity contribution in [1.29, 1.82) is 0 Å². The van der Waals surface area contributed by atoms with E-state index >= 15 is 0 Å². The van der Waals surface area contributed by atoms with Crippen molar-refractivity contribution in [3.8, 4) is 0 Å². The molecule has 0 saturated heterocycles. The summed E-state index contributed by atoms with van der Waals surface area (Å²) in [6.07, 6.45) is 0. The monoisotopic (exact) mass is 375 g/mol. The minimum Gasteiger partial charge on any atom is -0.351 e. The van der Waals surface area contributed by atoms with Crippen LogP contribution in [0, 0.1) is 6.92 Å². The van der Waals surface area contributed by atoms with E-state index in [9.17, 15) is 18.0 Å². The molecule has 0 saturated carbocycles. The second-order valence-electron chi connectivity index (χ2n) is 5.73. The standard InChI is InChI=1S/C18H21N3O4S/c1-13-5-3-4-6-15(13)11-19-18(23)12-20-26(24,25)17-9-7-16(8-10-17)21-14(2)22/h3-10,20H,11-12H2,1-2H3,(H,19,23)(H,21,22). The number of hydrogen-bond donors (Lipinski definition) is 3. The molecule has 0 fully saturated rings. The van der Waals surface area contributed by atoms with Crippen molar-refractivity contribution in [3.63, 3.8) is 0 Å². The number of amides is 2. The summed E-state index contributed by atoms with van der Waals surface area (Å²) in [4.78, 5) is 22.9. The molecule has 2 amide bonds. The lowest BCUT2D eigenvalue weighted by Gasteiger charge is -2.10. The van der Waals surface area contributed by atoms with E-state index in [-0.39, 0.29) is 17.3 Å². The lowest BCUT2D eigenvalue weighted by molar-refractivity contribution is -0.120. The number of sulfonamides is 1. The van der Waals surface area contributed by atoms with Gasteiger partial charge in [-0.25, -0.2) is 13.1 Å². The van der Waals surface area contributed by atoms with Crippen LogP contribution in [0.4, 0.5) is 5.69 Å². The third-order valence-electron chi connectivity index (χ3n) is 3.64. The lowest BCUT2D eigenvalue weighted by Crippen LogP contribution is -2.36. The van der Waals surface area contributed by atoms with Crippen molar-refractivity contribution in [2.75, 3.05) is 11.9 Å². The first-order chi connectivity index (χ1) is 12.3. The SMILES string of the molecule is CC(=O)Nc1ccc(S(=O)(=O)NCC(=O)NCc2ccccc2C)cc1. The fourth-order valence-electron chi connectivity index (χ4n) is 2.23. The average Bonchev–Trinajstić information content (AvgIpc) is 2.59. The zero-order valence-corrected chi connectivity index (χ0v) is 15.4. The van der Waals surface area contributed by atoms with E-state index in [4.69, 9.17) is 0 Å². The van der Waals surface area contributed by atoms with Crippen LogP contribution >= 0.6 is 0 Å². The van der Waals surface area contributed by atoms with Crippen molar-refractivity contribution in [2.45, 2.75) is 25.3 Å². The van der Waals surface area contributed by atoms with Gasteiger partial charge in [-0.15, -0.1) is 0 Å². The zero-order chi connectivity index (χ0) is 19.2. The molecular formula is C18H21N3O4S. The smallest absolute Gasteiger partial charge is 0.241 e. The van der Waals surface area contributed by atoms with E-state index in [0.29, 0.717) is 12.2 Å². The molecule has 0 aliphatic carbocycles. The van der Waals surface area contributed by atoms with Crippen molar-refractivity contribution >= 4 is 27.5 Å². The largest absolute Gasteiger partial charge is 0.351 e. The second kappa shape index (κ2) is 8.59. The van der Waals surface area contributed by atoms with Gasteiger partial charge in [0.1, 0.15) is 0 Å². The van der Waals surface area contributed by atoms with Crippen LogP contribution in [0.15, 0.2) is 53.4 Å². The van der Waals surface area contributed by atoms with Gasteiger partial charge in [0.15, 0.2) is 0 Å². The molecule has 2 aromatic carbocycles. The summed E-state index contributed by atoms with van der Waals surface area (Å²) in [7, 11) is -3.82. The van der Waals surface area contributed by atoms with E-state index in [1.807, 2.05) is 31.2 Å². The van der Waals surface area contributed by atoms with Gasteiger partial charge in [0.2, 0.25) is 21.8 Å². The number of aryl methyl sites for hydroxylation is 1. The van der Waals surface area contributed by atoms with Crippen LogP contribution in [0.25, 0.3) is 0 Å². The van der Waals surface area contributed by atoms with Gasteiger partial charge in [0.05, 0.1) is 11.4 Å². The molecule has 7 nitrogen and oxygen atoms in total. The van der Waals surface area contributed by atoms with Gasteiger partial charge in [-0.2, -0.15) is 0 Å². The van der Waals surface area contributed by atoms with E-state index in [0.717, 1.165) is 11.1 Å². The maximum Gasteiger partial charge on any atom is 0.241 e. The number of rotatable bonds is 7. The van der Waals surface area contributed by atoms with Crippen LogP contribution in [-0.4, -0.2) is 26.8 Å². The van der Waals surface area contributed by atoms with E-state index in [2.05, 4.69) is 15.4 Å². The highest BCUT2D eigenvalue weighted by atomic mass is 32.2. The molecule has 0 aliphatic heterocycles. The molecular weight excluding hydrogens is 354 g/mol. The molecule has 3 N–H and O–H groups in total. The van der Waals surface area contributed by atoms with Crippen LogP contribution in [0.3, 0.4) is 0 Å². The molecule has 2 aromatic rings. The van der Waals surface area contributed by atoms with Gasteiger partial charge in [-0.3, -0.25) is 9.59 Å². The maximum absolute atomic E-state index is 12.2. The van der Waals surface area contributed by atoms with E-state index in [1.165, 1.54) is 31.2 Å². The number of carbonyl (C=O) groups is 2. The van der Waals surface area contributed by atoms with Gasteiger partial charge in [0, 0.05) is 19.2 Å². The van der Waals surface area contributed by atoms with Crippen molar-refractivity contribution in [2.24, 2.45) is 0 Å². The molecule has 2 rings (SSSR count). The quantitative estimate of drug-likeness (QED) is 0.683. The van der Waals surface area contributed by atoms with E-state index < -0.39 is 15.9 Å².